The second kappa shape index (κ2) is 21.3. The van der Waals surface area contributed by atoms with E-state index in [0.29, 0.717) is 6.42 Å². The summed E-state index contributed by atoms with van der Waals surface area (Å²) < 4.78 is 10.3. The number of methoxy groups -OCH3 is 1. The molecule has 288 valence electrons. The Balaban J connectivity index is 3.21. The van der Waals surface area contributed by atoms with E-state index >= 15 is 0 Å². The van der Waals surface area contributed by atoms with Gasteiger partial charge in [-0.3, -0.25) is 19.2 Å². The molecule has 13 heteroatoms. The van der Waals surface area contributed by atoms with Gasteiger partial charge in [-0.2, -0.15) is 0 Å². The summed E-state index contributed by atoms with van der Waals surface area (Å²) >= 11 is 0. The lowest BCUT2D eigenvalue weighted by Crippen LogP contribution is -2.60. The van der Waals surface area contributed by atoms with Crippen LogP contribution in [0.5, 0.6) is 0 Å². The Labute approximate surface area is 304 Å². The number of benzene rings is 1. The summed E-state index contributed by atoms with van der Waals surface area (Å²) in [6, 6.07) is 4.14. The van der Waals surface area contributed by atoms with Crippen LogP contribution in [0, 0.1) is 23.7 Å². The number of carbonyl (C=O) groups is 6. The van der Waals surface area contributed by atoms with Crippen LogP contribution < -0.4 is 26.6 Å². The summed E-state index contributed by atoms with van der Waals surface area (Å²) in [5.74, 6) is -3.26. The average Bonchev–Trinajstić information content (AvgIpc) is 3.00. The molecule has 0 heterocycles. The number of alkyl carbamates (subject to hydrolysis) is 1. The molecule has 0 aliphatic heterocycles. The van der Waals surface area contributed by atoms with Gasteiger partial charge >= 0.3 is 12.1 Å². The SMILES string of the molecule is COC(=O)[C@H](Cc1ccccc1)NC(=O)[C@H](CC(C)C)NC(=O)[C@H](NC(=O)[C@H](CC(C)C)NC(=O)[C@@H](CC(C)C)NC(=O)OC(C)(C)C)C(C)C. The van der Waals surface area contributed by atoms with Crippen molar-refractivity contribution in [3.8, 4) is 0 Å². The molecule has 0 bridgehead atoms. The van der Waals surface area contributed by atoms with Gasteiger partial charge in [0.15, 0.2) is 0 Å². The predicted molar refractivity (Wildman–Crippen MR) is 196 cm³/mol. The van der Waals surface area contributed by atoms with E-state index in [1.807, 2.05) is 71.9 Å². The number of hydrogen-bond donors (Lipinski definition) is 5. The largest absolute Gasteiger partial charge is 0.467 e. The quantitative estimate of drug-likeness (QED) is 0.133. The third kappa shape index (κ3) is 17.6. The summed E-state index contributed by atoms with van der Waals surface area (Å²) in [7, 11) is 1.24. The Kier molecular flexibility index (Phi) is 18.7. The predicted octanol–water partition coefficient (Wildman–Crippen LogP) is 4.03. The van der Waals surface area contributed by atoms with Crippen molar-refractivity contribution < 1.29 is 38.2 Å². The minimum atomic E-state index is -1.06. The lowest BCUT2D eigenvalue weighted by atomic mass is 9.97. The lowest BCUT2D eigenvalue weighted by Gasteiger charge is -2.30. The third-order valence-corrected chi connectivity index (χ3v) is 7.73. The van der Waals surface area contributed by atoms with Crippen LogP contribution in [-0.4, -0.2) is 78.6 Å². The molecule has 0 aliphatic carbocycles. The molecule has 0 unspecified atom stereocenters. The zero-order valence-corrected chi connectivity index (χ0v) is 32.7. The van der Waals surface area contributed by atoms with Gasteiger partial charge in [0.2, 0.25) is 23.6 Å². The molecule has 0 aromatic heterocycles. The van der Waals surface area contributed by atoms with E-state index < -0.39 is 77.4 Å². The summed E-state index contributed by atoms with van der Waals surface area (Å²) in [6.45, 7) is 20.1. The van der Waals surface area contributed by atoms with E-state index in [-0.39, 0.29) is 37.0 Å². The molecule has 1 aromatic carbocycles. The van der Waals surface area contributed by atoms with Crippen molar-refractivity contribution in [1.82, 2.24) is 26.6 Å². The number of ether oxygens (including phenoxy) is 2. The van der Waals surface area contributed by atoms with Crippen molar-refractivity contribution in [1.29, 1.82) is 0 Å². The van der Waals surface area contributed by atoms with E-state index in [1.54, 1.807) is 34.6 Å². The van der Waals surface area contributed by atoms with Crippen LogP contribution in [0.1, 0.15) is 101 Å². The fourth-order valence-electron chi connectivity index (χ4n) is 5.34. The maximum atomic E-state index is 13.8. The molecule has 5 N–H and O–H groups in total. The van der Waals surface area contributed by atoms with E-state index in [4.69, 9.17) is 9.47 Å². The molecule has 0 aliphatic rings. The van der Waals surface area contributed by atoms with Gasteiger partial charge < -0.3 is 36.1 Å². The van der Waals surface area contributed by atoms with Crippen LogP contribution in [0.2, 0.25) is 0 Å². The van der Waals surface area contributed by atoms with Gasteiger partial charge in [0.05, 0.1) is 7.11 Å². The Morgan fingerprint density at radius 2 is 1.00 bits per heavy atom. The maximum absolute atomic E-state index is 13.8. The molecule has 13 nitrogen and oxygen atoms in total. The Hall–Kier alpha value is -4.16. The van der Waals surface area contributed by atoms with Crippen molar-refractivity contribution in [3.63, 3.8) is 0 Å². The molecule has 51 heavy (non-hydrogen) atoms. The van der Waals surface area contributed by atoms with E-state index in [9.17, 15) is 28.8 Å². The topological polar surface area (TPSA) is 181 Å². The number of esters is 1. The second-order valence-corrected chi connectivity index (χ2v) is 15.7. The van der Waals surface area contributed by atoms with Crippen molar-refractivity contribution in [2.24, 2.45) is 23.7 Å². The number of rotatable bonds is 19. The average molecular weight is 718 g/mol. The highest BCUT2D eigenvalue weighted by Gasteiger charge is 2.35. The maximum Gasteiger partial charge on any atom is 0.408 e. The smallest absolute Gasteiger partial charge is 0.408 e. The first-order valence-electron chi connectivity index (χ1n) is 18.0. The first-order chi connectivity index (χ1) is 23.6. The first-order valence-corrected chi connectivity index (χ1v) is 18.0. The third-order valence-electron chi connectivity index (χ3n) is 7.73. The standard InChI is InChI=1S/C38H63N5O8/c1-22(2)18-27(32(44)41-30(36(48)50-12)21-26-16-14-13-15-17-26)40-35(47)31(25(7)8)43-34(46)28(19-23(3)4)39-33(45)29(20-24(5)6)42-37(49)51-38(9,10)11/h13-17,22-25,27-31H,18-21H2,1-12H3,(H,39,45)(H,40,47)(H,41,44)(H,42,49)(H,43,46)/t27-,28-,29+,30-,31+/m0/s1. The zero-order chi connectivity index (χ0) is 39.1. The van der Waals surface area contributed by atoms with Crippen LogP contribution in [0.15, 0.2) is 30.3 Å². The molecule has 5 atom stereocenters. The van der Waals surface area contributed by atoms with Crippen molar-refractivity contribution in [3.05, 3.63) is 35.9 Å². The molecular weight excluding hydrogens is 654 g/mol. The van der Waals surface area contributed by atoms with Gasteiger partial charge in [-0.05, 0) is 69.3 Å². The van der Waals surface area contributed by atoms with Crippen LogP contribution in [0.25, 0.3) is 0 Å². The summed E-state index contributed by atoms with van der Waals surface area (Å²) in [6.07, 6.45) is 0.283. The van der Waals surface area contributed by atoms with Crippen LogP contribution >= 0.6 is 0 Å². The molecule has 1 rings (SSSR count). The fourth-order valence-corrected chi connectivity index (χ4v) is 5.34. The van der Waals surface area contributed by atoms with Gasteiger partial charge in [0, 0.05) is 6.42 Å². The Morgan fingerprint density at radius 1 is 0.588 bits per heavy atom. The monoisotopic (exact) mass is 717 g/mol. The van der Waals surface area contributed by atoms with Crippen LogP contribution in [0.3, 0.4) is 0 Å². The summed E-state index contributed by atoms with van der Waals surface area (Å²) in [4.78, 5) is 79.8. The molecule has 1 aromatic rings. The highest BCUT2D eigenvalue weighted by Crippen LogP contribution is 2.14. The van der Waals surface area contributed by atoms with E-state index in [1.165, 1.54) is 7.11 Å². The molecule has 0 fully saturated rings. The minimum Gasteiger partial charge on any atom is -0.467 e. The molecule has 0 saturated heterocycles. The molecular formula is C38H63N5O8. The van der Waals surface area contributed by atoms with Gasteiger partial charge in [-0.15, -0.1) is 0 Å². The number of amides is 5. The highest BCUT2D eigenvalue weighted by molar-refractivity contribution is 5.96. The summed E-state index contributed by atoms with van der Waals surface area (Å²) in [5, 5.41) is 13.7. The zero-order valence-electron chi connectivity index (χ0n) is 32.7. The highest BCUT2D eigenvalue weighted by atomic mass is 16.6. The molecule has 0 radical (unpaired) electrons. The van der Waals surface area contributed by atoms with Crippen molar-refractivity contribution in [2.75, 3.05) is 7.11 Å². The van der Waals surface area contributed by atoms with Gasteiger partial charge in [-0.1, -0.05) is 85.7 Å². The Morgan fingerprint density at radius 3 is 1.41 bits per heavy atom. The van der Waals surface area contributed by atoms with Gasteiger partial charge in [-0.25, -0.2) is 9.59 Å². The second-order valence-electron chi connectivity index (χ2n) is 15.7. The lowest BCUT2D eigenvalue weighted by molar-refractivity contribution is -0.145. The van der Waals surface area contributed by atoms with E-state index in [0.717, 1.165) is 5.56 Å². The molecule has 0 spiro atoms. The number of carbonyl (C=O) groups excluding carboxylic acids is 6. The first kappa shape index (κ1) is 44.9. The van der Waals surface area contributed by atoms with Gasteiger partial charge in [0.1, 0.15) is 35.8 Å². The van der Waals surface area contributed by atoms with Gasteiger partial charge in [0.25, 0.3) is 0 Å². The fraction of sp³-hybridized carbons (Fsp3) is 0.684. The van der Waals surface area contributed by atoms with Crippen LogP contribution in [-0.2, 0) is 39.9 Å². The molecule has 5 amide bonds. The van der Waals surface area contributed by atoms with E-state index in [2.05, 4.69) is 26.6 Å². The normalized spacial score (nSPS) is 14.6. The van der Waals surface area contributed by atoms with Crippen molar-refractivity contribution in [2.45, 2.75) is 138 Å². The van der Waals surface area contributed by atoms with Crippen LogP contribution in [0.4, 0.5) is 4.79 Å². The Bertz CT molecular complexity index is 1290. The number of hydrogen-bond acceptors (Lipinski definition) is 8. The number of nitrogens with one attached hydrogen (secondary N) is 5. The minimum absolute atomic E-state index is 0.00227. The molecule has 0 saturated carbocycles. The summed E-state index contributed by atoms with van der Waals surface area (Å²) in [5.41, 5.74) is 0.0506. The van der Waals surface area contributed by atoms with Crippen molar-refractivity contribution >= 4 is 35.7 Å².